The van der Waals surface area contributed by atoms with Gasteiger partial charge in [0.15, 0.2) is 8.32 Å². The summed E-state index contributed by atoms with van der Waals surface area (Å²) in [6.45, 7) is 22.4. The molecule has 0 saturated heterocycles. The van der Waals surface area contributed by atoms with Crippen LogP contribution in [0.15, 0.2) is 35.4 Å². The average Bonchev–Trinajstić information content (AvgIpc) is 2.83. The summed E-state index contributed by atoms with van der Waals surface area (Å²) in [4.78, 5) is 26.1. The summed E-state index contributed by atoms with van der Waals surface area (Å²) in [5.74, 6) is -0.201. The van der Waals surface area contributed by atoms with Crippen molar-refractivity contribution in [2.45, 2.75) is 116 Å². The van der Waals surface area contributed by atoms with Crippen LogP contribution in [0.1, 0.15) is 72.8 Å². The van der Waals surface area contributed by atoms with Gasteiger partial charge in [-0.2, -0.15) is 0 Å². The lowest BCUT2D eigenvalue weighted by molar-refractivity contribution is -0.140. The van der Waals surface area contributed by atoms with Crippen LogP contribution in [-0.4, -0.2) is 48.9 Å². The minimum Gasteiger partial charge on any atom is -0.544 e. The van der Waals surface area contributed by atoms with E-state index in [1.54, 1.807) is 0 Å². The lowest BCUT2D eigenvalue weighted by Crippen LogP contribution is -2.44. The second kappa shape index (κ2) is 12.7. The molecule has 1 aromatic carbocycles. The summed E-state index contributed by atoms with van der Waals surface area (Å²) < 4.78 is 23.4. The smallest absolute Gasteiger partial charge is 0.334 e. The van der Waals surface area contributed by atoms with Gasteiger partial charge < -0.3 is 18.3 Å². The molecule has 1 saturated carbocycles. The Hall–Kier alpha value is -1.91. The van der Waals surface area contributed by atoms with Crippen LogP contribution in [0.3, 0.4) is 0 Å². The predicted octanol–water partition coefficient (Wildman–Crippen LogP) is 7.84. The molecule has 1 fully saturated rings. The molecule has 0 bridgehead atoms. The van der Waals surface area contributed by atoms with E-state index in [-0.39, 0.29) is 28.5 Å². The van der Waals surface area contributed by atoms with E-state index in [1.807, 2.05) is 24.3 Å². The molecule has 0 atom stereocenters. The summed E-state index contributed by atoms with van der Waals surface area (Å²) in [5, 5.41) is 0.237. The summed E-state index contributed by atoms with van der Waals surface area (Å²) in [5.41, 5.74) is 1.72. The first kappa shape index (κ1) is 33.3. The molecule has 0 unspecified atom stereocenters. The molecule has 39 heavy (non-hydrogen) atoms. The van der Waals surface area contributed by atoms with E-state index in [2.05, 4.69) is 67.7 Å². The zero-order valence-electron chi connectivity index (χ0n) is 26.4. The van der Waals surface area contributed by atoms with E-state index in [9.17, 15) is 9.59 Å². The van der Waals surface area contributed by atoms with E-state index in [4.69, 9.17) is 18.3 Å². The van der Waals surface area contributed by atoms with Gasteiger partial charge >= 0.3 is 11.9 Å². The molecule has 0 amide bonds. The van der Waals surface area contributed by atoms with Crippen molar-refractivity contribution in [2.75, 3.05) is 14.2 Å². The highest BCUT2D eigenvalue weighted by atomic mass is 28.4. The molecule has 0 heterocycles. The van der Waals surface area contributed by atoms with Crippen molar-refractivity contribution in [3.8, 4) is 5.75 Å². The summed E-state index contributed by atoms with van der Waals surface area (Å²) in [6.07, 6.45) is 3.71. The Kier molecular flexibility index (Phi) is 10.9. The van der Waals surface area contributed by atoms with Gasteiger partial charge in [-0.3, -0.25) is 0 Å². The van der Waals surface area contributed by atoms with Gasteiger partial charge in [0.05, 0.1) is 25.4 Å². The van der Waals surface area contributed by atoms with Crippen LogP contribution in [0, 0.1) is 5.92 Å². The van der Waals surface area contributed by atoms with Crippen molar-refractivity contribution in [1.82, 2.24) is 0 Å². The van der Waals surface area contributed by atoms with E-state index in [0.29, 0.717) is 11.1 Å². The van der Waals surface area contributed by atoms with Gasteiger partial charge in [-0.05, 0) is 85.6 Å². The molecule has 8 heteroatoms. The van der Waals surface area contributed by atoms with Crippen molar-refractivity contribution in [3.05, 3.63) is 41.0 Å². The topological polar surface area (TPSA) is 71.1 Å². The Bertz CT molecular complexity index is 1020. The Morgan fingerprint density at radius 1 is 0.769 bits per heavy atom. The Morgan fingerprint density at radius 3 is 1.69 bits per heavy atom. The number of esters is 2. The van der Waals surface area contributed by atoms with Crippen molar-refractivity contribution in [3.63, 3.8) is 0 Å². The third kappa shape index (κ3) is 8.54. The average molecular weight is 577 g/mol. The molecule has 1 aliphatic carbocycles. The van der Waals surface area contributed by atoms with E-state index >= 15 is 0 Å². The number of benzene rings is 1. The highest BCUT2D eigenvalue weighted by Gasteiger charge is 2.41. The molecule has 1 aromatic rings. The maximum atomic E-state index is 13.1. The van der Waals surface area contributed by atoms with E-state index < -0.39 is 28.6 Å². The van der Waals surface area contributed by atoms with Crippen LogP contribution in [0.4, 0.5) is 0 Å². The number of rotatable bonds is 9. The molecule has 6 nitrogen and oxygen atoms in total. The Balaban J connectivity index is 2.30. The monoisotopic (exact) mass is 576 g/mol. The van der Waals surface area contributed by atoms with Crippen molar-refractivity contribution >= 4 is 28.6 Å². The van der Waals surface area contributed by atoms with Crippen LogP contribution in [0.25, 0.3) is 0 Å². The van der Waals surface area contributed by atoms with Crippen LogP contribution >= 0.6 is 0 Å². The van der Waals surface area contributed by atoms with Gasteiger partial charge in [-0.1, -0.05) is 53.7 Å². The molecular formula is C31H52O6Si2. The molecule has 0 spiro atoms. The van der Waals surface area contributed by atoms with Crippen molar-refractivity contribution in [1.29, 1.82) is 0 Å². The van der Waals surface area contributed by atoms with Gasteiger partial charge in [-0.25, -0.2) is 9.59 Å². The molecule has 1 aliphatic rings. The minimum atomic E-state index is -1.96. The number of hydrogen-bond acceptors (Lipinski definition) is 6. The fraction of sp³-hybridized carbons (Fsp3) is 0.677. The first-order valence-electron chi connectivity index (χ1n) is 14.2. The van der Waals surface area contributed by atoms with E-state index in [0.717, 1.165) is 37.0 Å². The quantitative estimate of drug-likeness (QED) is 0.169. The highest BCUT2D eigenvalue weighted by molar-refractivity contribution is 6.75. The molecule has 0 aliphatic heterocycles. The van der Waals surface area contributed by atoms with Gasteiger partial charge in [-0.15, -0.1) is 0 Å². The molecular weight excluding hydrogens is 525 g/mol. The SMILES string of the molecule is COC(=O)/C(Cc1ccc(O[Si](C)(C)C(C)(C)C)cc1)=C(\C(=O)OC)C1CCC(O[Si](C)(C)C(C)(C)C)CC1. The Labute approximate surface area is 239 Å². The number of methoxy groups -OCH3 is 2. The molecule has 2 rings (SSSR count). The van der Waals surface area contributed by atoms with Gasteiger partial charge in [0, 0.05) is 12.5 Å². The molecule has 0 N–H and O–H groups in total. The second-order valence-corrected chi connectivity index (χ2v) is 23.4. The Morgan fingerprint density at radius 2 is 1.26 bits per heavy atom. The first-order valence-corrected chi connectivity index (χ1v) is 20.0. The van der Waals surface area contributed by atoms with E-state index in [1.165, 1.54) is 14.2 Å². The third-order valence-corrected chi connectivity index (χ3v) is 17.9. The standard InChI is InChI=1S/C31H52O6Si2/c1-30(2,3)38(9,10)36-24-17-13-22(14-18-24)21-26(28(32)34-7)27(29(33)35-8)23-15-19-25(20-16-23)37-39(11,12)31(4,5)6/h13-14,17-18,23,25H,15-16,19-21H2,1-12H3/b27-26-. The normalized spacial score (nSPS) is 19.7. The fourth-order valence-electron chi connectivity index (χ4n) is 4.44. The third-order valence-electron chi connectivity index (χ3n) is 9.00. The lowest BCUT2D eigenvalue weighted by Gasteiger charge is -2.41. The fourth-order valence-corrected chi connectivity index (χ4v) is 6.89. The van der Waals surface area contributed by atoms with Crippen LogP contribution in [0.5, 0.6) is 5.75 Å². The maximum Gasteiger partial charge on any atom is 0.334 e. The molecule has 0 aromatic heterocycles. The highest BCUT2D eigenvalue weighted by Crippen LogP contribution is 2.41. The summed E-state index contributed by atoms with van der Waals surface area (Å²) in [7, 11) is -1.12. The lowest BCUT2D eigenvalue weighted by atomic mass is 9.79. The van der Waals surface area contributed by atoms with Crippen molar-refractivity contribution in [2.24, 2.45) is 5.92 Å². The van der Waals surface area contributed by atoms with Crippen LogP contribution in [0.2, 0.25) is 36.3 Å². The number of hydrogen-bond donors (Lipinski definition) is 0. The number of carbonyl (C=O) groups excluding carboxylic acids is 2. The number of ether oxygens (including phenoxy) is 2. The zero-order valence-corrected chi connectivity index (χ0v) is 28.4. The maximum absolute atomic E-state index is 13.1. The van der Waals surface area contributed by atoms with Crippen molar-refractivity contribution < 1.29 is 27.9 Å². The molecule has 220 valence electrons. The zero-order chi connectivity index (χ0) is 29.8. The van der Waals surface area contributed by atoms with Gasteiger partial charge in [0.2, 0.25) is 8.32 Å². The largest absolute Gasteiger partial charge is 0.544 e. The summed E-state index contributed by atoms with van der Waals surface area (Å²) in [6, 6.07) is 7.83. The second-order valence-electron chi connectivity index (χ2n) is 13.9. The van der Waals surface area contributed by atoms with Gasteiger partial charge in [0.25, 0.3) is 0 Å². The first-order chi connectivity index (χ1) is 17.8. The van der Waals surface area contributed by atoms with Crippen LogP contribution < -0.4 is 4.43 Å². The van der Waals surface area contributed by atoms with Crippen LogP contribution in [-0.2, 0) is 29.9 Å². The summed E-state index contributed by atoms with van der Waals surface area (Å²) >= 11 is 0. The number of carbonyl (C=O) groups is 2. The minimum absolute atomic E-state index is 0.0768. The molecule has 0 radical (unpaired) electrons. The van der Waals surface area contributed by atoms with Gasteiger partial charge in [0.1, 0.15) is 5.75 Å². The predicted molar refractivity (Wildman–Crippen MR) is 163 cm³/mol.